The second-order valence-corrected chi connectivity index (χ2v) is 6.78. The number of nitrogens with zero attached hydrogens (tertiary/aromatic N) is 1. The van der Waals surface area contributed by atoms with Crippen molar-refractivity contribution in [2.24, 2.45) is 0 Å². The van der Waals surface area contributed by atoms with Crippen LogP contribution in [0.2, 0.25) is 0 Å². The third-order valence-corrected chi connectivity index (χ3v) is 4.51. The molecule has 156 valence electrons. The van der Waals surface area contributed by atoms with Gasteiger partial charge in [-0.25, -0.2) is 0 Å². The van der Waals surface area contributed by atoms with Crippen molar-refractivity contribution in [1.29, 1.82) is 0 Å². The molecule has 7 heteroatoms. The van der Waals surface area contributed by atoms with Crippen LogP contribution in [0.3, 0.4) is 0 Å². The molecule has 2 aromatic carbocycles. The summed E-state index contributed by atoms with van der Waals surface area (Å²) in [5.41, 5.74) is 0.837. The van der Waals surface area contributed by atoms with Crippen molar-refractivity contribution in [3.05, 3.63) is 94.6 Å². The molecule has 7 nitrogen and oxygen atoms in total. The summed E-state index contributed by atoms with van der Waals surface area (Å²) in [6.45, 7) is 1.81. The fraction of sp³-hybridized carbons (Fsp3) is 0.125. The topological polar surface area (TPSA) is 90.7 Å². The molecular formula is C24H20N2O5. The second kappa shape index (κ2) is 9.13. The van der Waals surface area contributed by atoms with Gasteiger partial charge in [0.2, 0.25) is 11.2 Å². The summed E-state index contributed by atoms with van der Waals surface area (Å²) < 4.78 is 17.1. The number of rotatable bonds is 7. The predicted octanol–water partition coefficient (Wildman–Crippen LogP) is 3.98. The van der Waals surface area contributed by atoms with Crippen LogP contribution >= 0.6 is 0 Å². The maximum Gasteiger partial charge on any atom is 0.258 e. The molecule has 1 N–H and O–H groups in total. The standard InChI is InChI=1S/C24H20N2O5/c1-16-24(31-18-8-3-2-4-9-18)23(28)20-11-10-19(13-21(20)30-16)29-15-22(27)26-14-17-7-5-6-12-25-17/h2-13H,14-15H2,1H3,(H,26,27). The number of ether oxygens (including phenoxy) is 2. The lowest BCUT2D eigenvalue weighted by Gasteiger charge is -2.10. The van der Waals surface area contributed by atoms with Crippen LogP contribution in [-0.2, 0) is 11.3 Å². The number of aryl methyl sites for hydroxylation is 1. The minimum atomic E-state index is -0.282. The van der Waals surface area contributed by atoms with Crippen LogP contribution in [0.25, 0.3) is 11.0 Å². The third kappa shape index (κ3) is 4.90. The first-order valence-electron chi connectivity index (χ1n) is 9.70. The van der Waals surface area contributed by atoms with Gasteiger partial charge in [-0.3, -0.25) is 14.6 Å². The Morgan fingerprint density at radius 3 is 2.61 bits per heavy atom. The fourth-order valence-electron chi connectivity index (χ4n) is 2.97. The van der Waals surface area contributed by atoms with Crippen molar-refractivity contribution < 1.29 is 18.7 Å². The smallest absolute Gasteiger partial charge is 0.258 e. The average molecular weight is 416 g/mol. The molecule has 0 unspecified atom stereocenters. The molecule has 0 radical (unpaired) electrons. The van der Waals surface area contributed by atoms with E-state index in [2.05, 4.69) is 10.3 Å². The monoisotopic (exact) mass is 416 g/mol. The van der Waals surface area contributed by atoms with Gasteiger partial charge < -0.3 is 19.2 Å². The van der Waals surface area contributed by atoms with Crippen LogP contribution in [0.15, 0.2) is 82.1 Å². The van der Waals surface area contributed by atoms with Gasteiger partial charge in [0.25, 0.3) is 5.91 Å². The highest BCUT2D eigenvalue weighted by Gasteiger charge is 2.15. The number of benzene rings is 2. The zero-order valence-corrected chi connectivity index (χ0v) is 16.8. The van der Waals surface area contributed by atoms with Crippen molar-refractivity contribution in [2.45, 2.75) is 13.5 Å². The van der Waals surface area contributed by atoms with Crippen molar-refractivity contribution in [3.8, 4) is 17.2 Å². The van der Waals surface area contributed by atoms with Gasteiger partial charge in [-0.1, -0.05) is 24.3 Å². The zero-order valence-electron chi connectivity index (χ0n) is 16.8. The van der Waals surface area contributed by atoms with Gasteiger partial charge in [0.05, 0.1) is 17.6 Å². The Hall–Kier alpha value is -4.13. The van der Waals surface area contributed by atoms with E-state index in [4.69, 9.17) is 13.9 Å². The summed E-state index contributed by atoms with van der Waals surface area (Å²) in [6, 6.07) is 19.3. The van der Waals surface area contributed by atoms with E-state index in [-0.39, 0.29) is 23.7 Å². The highest BCUT2D eigenvalue weighted by molar-refractivity contribution is 5.80. The summed E-state index contributed by atoms with van der Waals surface area (Å²) in [5, 5.41) is 3.10. The van der Waals surface area contributed by atoms with Crippen molar-refractivity contribution >= 4 is 16.9 Å². The molecule has 31 heavy (non-hydrogen) atoms. The summed E-state index contributed by atoms with van der Waals surface area (Å²) in [5.74, 6) is 1.18. The molecule has 0 bridgehead atoms. The van der Waals surface area contributed by atoms with Crippen LogP contribution in [0.5, 0.6) is 17.2 Å². The van der Waals surface area contributed by atoms with Crippen LogP contribution < -0.4 is 20.2 Å². The molecule has 0 aliphatic carbocycles. The first-order chi connectivity index (χ1) is 15.1. The summed E-state index contributed by atoms with van der Waals surface area (Å²) >= 11 is 0. The number of carbonyl (C=O) groups is 1. The Balaban J connectivity index is 1.45. The Morgan fingerprint density at radius 2 is 1.84 bits per heavy atom. The van der Waals surface area contributed by atoms with Crippen molar-refractivity contribution in [1.82, 2.24) is 10.3 Å². The van der Waals surface area contributed by atoms with Gasteiger partial charge in [-0.15, -0.1) is 0 Å². The number of pyridine rings is 1. The van der Waals surface area contributed by atoms with Crippen LogP contribution in [0.4, 0.5) is 0 Å². The van der Waals surface area contributed by atoms with Crippen molar-refractivity contribution in [3.63, 3.8) is 0 Å². The molecule has 0 aliphatic rings. The third-order valence-electron chi connectivity index (χ3n) is 4.51. The summed E-state index contributed by atoms with van der Waals surface area (Å²) in [4.78, 5) is 29.0. The van der Waals surface area contributed by atoms with Gasteiger partial charge in [-0.05, 0) is 43.3 Å². The first-order valence-corrected chi connectivity index (χ1v) is 9.70. The van der Waals surface area contributed by atoms with E-state index in [1.807, 2.05) is 36.4 Å². The van der Waals surface area contributed by atoms with Crippen LogP contribution in [0.1, 0.15) is 11.5 Å². The van der Waals surface area contributed by atoms with E-state index >= 15 is 0 Å². The molecule has 0 saturated carbocycles. The second-order valence-electron chi connectivity index (χ2n) is 6.78. The lowest BCUT2D eigenvalue weighted by Crippen LogP contribution is -2.28. The molecule has 2 aromatic heterocycles. The normalized spacial score (nSPS) is 10.6. The number of para-hydroxylation sites is 1. The quantitative estimate of drug-likeness (QED) is 0.490. The largest absolute Gasteiger partial charge is 0.484 e. The van der Waals surface area contributed by atoms with E-state index < -0.39 is 0 Å². The highest BCUT2D eigenvalue weighted by atomic mass is 16.5. The molecule has 4 rings (SSSR count). The lowest BCUT2D eigenvalue weighted by molar-refractivity contribution is -0.123. The SMILES string of the molecule is Cc1oc2cc(OCC(=O)NCc3ccccn3)ccc2c(=O)c1Oc1ccccc1. The molecule has 0 spiro atoms. The molecular weight excluding hydrogens is 396 g/mol. The van der Waals surface area contributed by atoms with Gasteiger partial charge in [0.1, 0.15) is 22.8 Å². The Bertz CT molecular complexity index is 1250. The fourth-order valence-corrected chi connectivity index (χ4v) is 2.97. The molecule has 4 aromatic rings. The van der Waals surface area contributed by atoms with E-state index in [0.717, 1.165) is 5.69 Å². The lowest BCUT2D eigenvalue weighted by atomic mass is 10.2. The summed E-state index contributed by atoms with van der Waals surface area (Å²) in [6.07, 6.45) is 1.67. The number of aromatic nitrogens is 1. The highest BCUT2D eigenvalue weighted by Crippen LogP contribution is 2.27. The molecule has 0 fully saturated rings. The van der Waals surface area contributed by atoms with E-state index in [1.54, 1.807) is 43.5 Å². The number of hydrogen-bond acceptors (Lipinski definition) is 6. The van der Waals surface area contributed by atoms with E-state index in [9.17, 15) is 9.59 Å². The Kier molecular flexibility index (Phi) is 5.93. The molecule has 2 heterocycles. The Morgan fingerprint density at radius 1 is 1.03 bits per heavy atom. The van der Waals surface area contributed by atoms with Gasteiger partial charge in [-0.2, -0.15) is 0 Å². The number of fused-ring (bicyclic) bond motifs is 1. The number of carbonyl (C=O) groups excluding carboxylic acids is 1. The molecule has 1 amide bonds. The minimum Gasteiger partial charge on any atom is -0.484 e. The molecule has 0 saturated heterocycles. The van der Waals surface area contributed by atoms with Gasteiger partial charge in [0, 0.05) is 12.3 Å². The van der Waals surface area contributed by atoms with Crippen LogP contribution in [0, 0.1) is 6.92 Å². The van der Waals surface area contributed by atoms with Gasteiger partial charge >= 0.3 is 0 Å². The molecule has 0 aliphatic heterocycles. The predicted molar refractivity (Wildman–Crippen MR) is 115 cm³/mol. The first kappa shape index (κ1) is 20.2. The molecule has 0 atom stereocenters. The zero-order chi connectivity index (χ0) is 21.6. The van der Waals surface area contributed by atoms with E-state index in [1.165, 1.54) is 0 Å². The number of amides is 1. The summed E-state index contributed by atoms with van der Waals surface area (Å²) in [7, 11) is 0. The van der Waals surface area contributed by atoms with E-state index in [0.29, 0.717) is 34.8 Å². The Labute approximate surface area is 178 Å². The van der Waals surface area contributed by atoms with Gasteiger partial charge in [0.15, 0.2) is 6.61 Å². The van der Waals surface area contributed by atoms with Crippen LogP contribution in [-0.4, -0.2) is 17.5 Å². The maximum absolute atomic E-state index is 12.9. The average Bonchev–Trinajstić information content (AvgIpc) is 2.80. The maximum atomic E-state index is 12.9. The van der Waals surface area contributed by atoms with Crippen molar-refractivity contribution in [2.75, 3.05) is 6.61 Å². The minimum absolute atomic E-state index is 0.140. The number of hydrogen-bond donors (Lipinski definition) is 1. The number of nitrogens with one attached hydrogen (secondary N) is 1.